The topological polar surface area (TPSA) is 190 Å². The van der Waals surface area contributed by atoms with Crippen LogP contribution in [0.3, 0.4) is 0 Å². The van der Waals surface area contributed by atoms with Gasteiger partial charge in [0.15, 0.2) is 18.2 Å². The predicted octanol–water partition coefficient (Wildman–Crippen LogP) is 3.59. The summed E-state index contributed by atoms with van der Waals surface area (Å²) in [5.41, 5.74) is 2.89. The molecule has 1 atom stereocenters. The second-order valence-corrected chi connectivity index (χ2v) is 19.1. The van der Waals surface area contributed by atoms with E-state index in [1.807, 2.05) is 38.1 Å². The molecule has 67 heavy (non-hydrogen) atoms. The van der Waals surface area contributed by atoms with Crippen LogP contribution in [0.25, 0.3) is 10.9 Å². The molecule has 6 radical (unpaired) electrons. The van der Waals surface area contributed by atoms with Crippen LogP contribution in [-0.2, 0) is 25.7 Å². The van der Waals surface area contributed by atoms with Crippen LogP contribution in [0.15, 0.2) is 47.4 Å². The molecular formula is C46H51B3ClN9O8. The number of halogens is 1. The third-order valence-corrected chi connectivity index (χ3v) is 13.8. The fraction of sp³-hybridized carbons (Fsp3) is 0.500. The third-order valence-electron chi connectivity index (χ3n) is 13.6. The number of benzene rings is 2. The van der Waals surface area contributed by atoms with Gasteiger partial charge in [-0.1, -0.05) is 11.6 Å². The lowest BCUT2D eigenvalue weighted by atomic mass is 9.52. The summed E-state index contributed by atoms with van der Waals surface area (Å²) >= 11 is 6.61. The Morgan fingerprint density at radius 3 is 2.40 bits per heavy atom. The highest BCUT2D eigenvalue weighted by atomic mass is 35.5. The number of fused-ring (bicyclic) bond motifs is 2. The van der Waals surface area contributed by atoms with Gasteiger partial charge in [-0.3, -0.25) is 29.3 Å². The van der Waals surface area contributed by atoms with Crippen molar-refractivity contribution >= 4 is 92.8 Å². The fourth-order valence-corrected chi connectivity index (χ4v) is 10.3. The summed E-state index contributed by atoms with van der Waals surface area (Å²) in [6.07, 6.45) is 7.79. The number of carbonyl (C=O) groups is 4. The smallest absolute Gasteiger partial charge is 0.293 e. The first-order valence-electron chi connectivity index (χ1n) is 22.8. The average molecular weight is 926 g/mol. The summed E-state index contributed by atoms with van der Waals surface area (Å²) in [4.78, 5) is 78.3. The Balaban J connectivity index is 0.788. The zero-order chi connectivity index (χ0) is 47.4. The van der Waals surface area contributed by atoms with E-state index < -0.39 is 17.2 Å². The standard InChI is InChI=1S/C46H51B3ClN9O8/c1-25(2)59-33-6-4-27(18-26(33)19-36(43(59)64)65-22-38(61)51-3)53-40-32(50)20-52-44(55-40)56-16-12-29(13-17-56)66-28-10-14-45(15-11-28)23-57(24-45)34-7-5-30-31(39(34)67-46(47,48)49)21-58(42(30)63)35-8-9-37(60)54-41(35)62/h4-7,18-20,25,28-29,35H,8-17,21-24H2,1-3H3,(H,51,61)(H,52,53,55)(H,54,60,62). The third kappa shape index (κ3) is 9.56. The first-order valence-corrected chi connectivity index (χ1v) is 23.2. The molecule has 21 heteroatoms. The molecule has 344 valence electrons. The number of aromatic nitrogens is 3. The van der Waals surface area contributed by atoms with Gasteiger partial charge in [0.2, 0.25) is 17.8 Å². The van der Waals surface area contributed by atoms with Crippen molar-refractivity contribution in [3.05, 3.63) is 69.1 Å². The highest BCUT2D eigenvalue weighted by Gasteiger charge is 2.48. The lowest BCUT2D eigenvalue weighted by Gasteiger charge is -2.55. The van der Waals surface area contributed by atoms with E-state index in [2.05, 4.69) is 30.7 Å². The molecule has 2 aromatic carbocycles. The molecule has 1 unspecified atom stereocenters. The minimum Gasteiger partial charge on any atom is -0.513 e. The zero-order valence-electron chi connectivity index (χ0n) is 37.8. The van der Waals surface area contributed by atoms with Crippen molar-refractivity contribution in [2.75, 3.05) is 55.0 Å². The van der Waals surface area contributed by atoms with Gasteiger partial charge in [0.05, 0.1) is 36.2 Å². The van der Waals surface area contributed by atoms with E-state index in [1.54, 1.807) is 22.9 Å². The molecule has 4 amide bonds. The number of likely N-dealkylation sites (N-methyl/N-ethyl adjacent to an activating group) is 1. The number of ether oxygens (including phenoxy) is 3. The normalized spacial score (nSPS) is 20.0. The van der Waals surface area contributed by atoms with E-state index in [9.17, 15) is 24.0 Å². The number of nitrogens with zero attached hydrogens (tertiary/aromatic N) is 6. The Bertz CT molecular complexity index is 2680. The van der Waals surface area contributed by atoms with Gasteiger partial charge in [-0.15, -0.1) is 0 Å². The van der Waals surface area contributed by atoms with E-state index in [4.69, 9.17) is 54.3 Å². The Labute approximate surface area is 397 Å². The van der Waals surface area contributed by atoms with Gasteiger partial charge in [0.25, 0.3) is 17.4 Å². The Morgan fingerprint density at radius 2 is 1.72 bits per heavy atom. The Morgan fingerprint density at radius 1 is 0.985 bits per heavy atom. The van der Waals surface area contributed by atoms with Crippen LogP contribution in [-0.4, -0.2) is 130 Å². The summed E-state index contributed by atoms with van der Waals surface area (Å²) < 4.78 is 19.9. The van der Waals surface area contributed by atoms with Crippen LogP contribution in [0, 0.1) is 5.41 Å². The van der Waals surface area contributed by atoms with Crippen LogP contribution in [0.4, 0.5) is 23.1 Å². The van der Waals surface area contributed by atoms with Gasteiger partial charge in [0, 0.05) is 73.3 Å². The summed E-state index contributed by atoms with van der Waals surface area (Å²) in [5, 5.41) is 7.25. The average Bonchev–Trinajstić information content (AvgIpc) is 3.61. The van der Waals surface area contributed by atoms with Crippen molar-refractivity contribution in [1.82, 2.24) is 30.1 Å². The number of nitrogens with one attached hydrogen (secondary N) is 3. The van der Waals surface area contributed by atoms with E-state index in [-0.39, 0.29) is 78.7 Å². The minimum absolute atomic E-state index is 0.0805. The fourth-order valence-electron chi connectivity index (χ4n) is 10.2. The maximum absolute atomic E-state index is 13.5. The highest BCUT2D eigenvalue weighted by molar-refractivity contribution is 6.58. The monoisotopic (exact) mass is 925 g/mol. The second-order valence-electron chi connectivity index (χ2n) is 18.7. The quantitative estimate of drug-likeness (QED) is 0.131. The molecule has 17 nitrogen and oxygen atoms in total. The van der Waals surface area contributed by atoms with Crippen LogP contribution >= 0.6 is 11.6 Å². The Kier molecular flexibility index (Phi) is 12.7. The highest BCUT2D eigenvalue weighted by Crippen LogP contribution is 2.50. The van der Waals surface area contributed by atoms with Crippen molar-refractivity contribution < 1.29 is 33.4 Å². The van der Waals surface area contributed by atoms with Crippen LogP contribution in [0.1, 0.15) is 87.2 Å². The molecule has 5 aliphatic rings. The Hall–Kier alpha value is -5.75. The van der Waals surface area contributed by atoms with E-state index >= 15 is 0 Å². The number of hydrogen-bond donors (Lipinski definition) is 3. The van der Waals surface area contributed by atoms with Crippen molar-refractivity contribution in [3.63, 3.8) is 0 Å². The summed E-state index contributed by atoms with van der Waals surface area (Å²) in [6, 6.07) is 9.89. The van der Waals surface area contributed by atoms with Crippen molar-refractivity contribution in [1.29, 1.82) is 0 Å². The van der Waals surface area contributed by atoms with Gasteiger partial charge in [0.1, 0.15) is 40.4 Å². The summed E-state index contributed by atoms with van der Waals surface area (Å²) in [6.45, 7) is 6.65. The van der Waals surface area contributed by atoms with Gasteiger partial charge in [-0.2, -0.15) is 4.98 Å². The molecule has 0 bridgehead atoms. The number of carbonyl (C=O) groups excluding carboxylic acids is 4. The number of imide groups is 1. The lowest BCUT2D eigenvalue weighted by Crippen LogP contribution is -2.58. The molecule has 1 saturated carbocycles. The molecular weight excluding hydrogens is 874 g/mol. The van der Waals surface area contributed by atoms with Crippen LogP contribution in [0.5, 0.6) is 11.5 Å². The molecule has 4 aliphatic heterocycles. The predicted molar refractivity (Wildman–Crippen MR) is 255 cm³/mol. The maximum atomic E-state index is 13.5. The van der Waals surface area contributed by atoms with E-state index in [0.717, 1.165) is 81.3 Å². The first kappa shape index (κ1) is 46.4. The van der Waals surface area contributed by atoms with Gasteiger partial charge in [-0.05, 0) is 100 Å². The largest absolute Gasteiger partial charge is 0.513 e. The number of amides is 4. The molecule has 9 rings (SSSR count). The molecule has 3 N–H and O–H groups in total. The first-order chi connectivity index (χ1) is 32.0. The van der Waals surface area contributed by atoms with Gasteiger partial charge >= 0.3 is 0 Å². The number of rotatable bonds is 13. The van der Waals surface area contributed by atoms with Crippen LogP contribution in [0.2, 0.25) is 5.02 Å². The number of piperidine rings is 2. The molecule has 4 fully saturated rings. The zero-order valence-corrected chi connectivity index (χ0v) is 38.6. The number of pyridine rings is 1. The number of hydrogen-bond acceptors (Lipinski definition) is 13. The summed E-state index contributed by atoms with van der Waals surface area (Å²) in [5.74, 6) is -0.109. The van der Waals surface area contributed by atoms with Crippen LogP contribution < -0.4 is 40.8 Å². The molecule has 1 spiro atoms. The SMILES string of the molecule is [B]C([B])([B])Oc1c(N2CC3(CCC(OC4CCN(c5ncc(Cl)c(Nc6ccc7c(c6)cc(OCC(=O)NC)c(=O)n7C(C)C)n5)CC4)CC3)C2)ccc2c1CN(C1CCC(=O)NC1=O)C2=O. The van der Waals surface area contributed by atoms with E-state index in [1.165, 1.54) is 11.9 Å². The molecule has 2 aromatic heterocycles. The maximum Gasteiger partial charge on any atom is 0.293 e. The lowest BCUT2D eigenvalue weighted by molar-refractivity contribution is -0.137. The van der Waals surface area contributed by atoms with Gasteiger partial charge < -0.3 is 44.1 Å². The minimum atomic E-state index is -2.01. The molecule has 1 aliphatic carbocycles. The number of anilines is 4. The molecule has 3 saturated heterocycles. The van der Waals surface area contributed by atoms with Crippen molar-refractivity contribution in [3.8, 4) is 11.5 Å². The molecule has 6 heterocycles. The van der Waals surface area contributed by atoms with Crippen molar-refractivity contribution in [2.24, 2.45) is 5.41 Å². The summed E-state index contributed by atoms with van der Waals surface area (Å²) in [7, 11) is 19.4. The van der Waals surface area contributed by atoms with E-state index in [0.29, 0.717) is 39.4 Å². The second kappa shape index (κ2) is 18.4. The molecule has 4 aromatic rings. The van der Waals surface area contributed by atoms with Crippen molar-refractivity contribution in [2.45, 2.75) is 101 Å². The van der Waals surface area contributed by atoms with Gasteiger partial charge in [-0.25, -0.2) is 4.98 Å².